The molecule has 0 aliphatic rings. The predicted octanol–water partition coefficient (Wildman–Crippen LogP) is 1.35. The maximum Gasteiger partial charge on any atom is 0.226 e. The highest BCUT2D eigenvalue weighted by Gasteiger charge is 2.11. The van der Waals surface area contributed by atoms with E-state index in [-0.39, 0.29) is 6.04 Å². The Morgan fingerprint density at radius 2 is 2.25 bits per heavy atom. The van der Waals surface area contributed by atoms with E-state index in [1.54, 1.807) is 12.5 Å². The van der Waals surface area contributed by atoms with Crippen LogP contribution >= 0.6 is 0 Å². The first kappa shape index (κ1) is 14.7. The second kappa shape index (κ2) is 6.65. The number of H-pyrrole nitrogens is 1. The van der Waals surface area contributed by atoms with Crippen molar-refractivity contribution in [3.05, 3.63) is 6.20 Å². The van der Waals surface area contributed by atoms with Gasteiger partial charge in [0.05, 0.1) is 11.6 Å². The molecule has 2 rings (SSSR count). The second-order valence-corrected chi connectivity index (χ2v) is 6.22. The Kier molecular flexibility index (Phi) is 4.89. The summed E-state index contributed by atoms with van der Waals surface area (Å²) in [5.41, 5.74) is 0.699. The normalized spacial score (nSPS) is 14.2. The van der Waals surface area contributed by atoms with Crippen LogP contribution in [0, 0.1) is 0 Å². The van der Waals surface area contributed by atoms with Gasteiger partial charge in [-0.3, -0.25) is 9.31 Å². The predicted molar refractivity (Wildman–Crippen MR) is 82.5 cm³/mol. The van der Waals surface area contributed by atoms with Gasteiger partial charge in [-0.05, 0) is 20.3 Å². The summed E-state index contributed by atoms with van der Waals surface area (Å²) in [6.07, 6.45) is 4.25. The zero-order valence-electron chi connectivity index (χ0n) is 11.9. The first-order valence-corrected chi connectivity index (χ1v) is 8.34. The summed E-state index contributed by atoms with van der Waals surface area (Å²) in [6, 6.07) is 0.182. The van der Waals surface area contributed by atoms with E-state index in [0.29, 0.717) is 17.3 Å². The van der Waals surface area contributed by atoms with E-state index in [2.05, 4.69) is 30.8 Å². The number of hydrogen-bond donors (Lipinski definition) is 3. The van der Waals surface area contributed by atoms with Crippen molar-refractivity contribution in [3.63, 3.8) is 0 Å². The maximum absolute atomic E-state index is 11.1. The van der Waals surface area contributed by atoms with Crippen molar-refractivity contribution < 1.29 is 4.21 Å². The van der Waals surface area contributed by atoms with Crippen LogP contribution in [0.2, 0.25) is 0 Å². The molecule has 0 fully saturated rings. The summed E-state index contributed by atoms with van der Waals surface area (Å²) in [5, 5.41) is 14.1. The SMILES string of the molecule is CCNc1nc(NC(C)CCS(C)=O)c2cn[nH]c2n1. The largest absolute Gasteiger partial charge is 0.367 e. The number of hydrogen-bond acceptors (Lipinski definition) is 6. The first-order valence-electron chi connectivity index (χ1n) is 6.61. The van der Waals surface area contributed by atoms with Crippen molar-refractivity contribution in [2.75, 3.05) is 29.2 Å². The smallest absolute Gasteiger partial charge is 0.226 e. The number of aromatic amines is 1. The molecule has 7 nitrogen and oxygen atoms in total. The van der Waals surface area contributed by atoms with Crippen LogP contribution in [0.25, 0.3) is 11.0 Å². The van der Waals surface area contributed by atoms with E-state index in [1.807, 2.05) is 13.8 Å². The van der Waals surface area contributed by atoms with Crippen molar-refractivity contribution >= 4 is 33.6 Å². The Hall–Kier alpha value is -1.70. The number of aromatic nitrogens is 4. The molecule has 0 radical (unpaired) electrons. The molecule has 20 heavy (non-hydrogen) atoms. The lowest BCUT2D eigenvalue weighted by Crippen LogP contribution is -2.19. The summed E-state index contributed by atoms with van der Waals surface area (Å²) >= 11 is 0. The van der Waals surface area contributed by atoms with Crippen LogP contribution in [-0.2, 0) is 10.8 Å². The summed E-state index contributed by atoms with van der Waals surface area (Å²) in [4.78, 5) is 8.80. The fourth-order valence-electron chi connectivity index (χ4n) is 1.83. The topological polar surface area (TPSA) is 95.6 Å². The van der Waals surface area contributed by atoms with Crippen molar-refractivity contribution in [3.8, 4) is 0 Å². The molecule has 2 atom stereocenters. The molecule has 2 unspecified atom stereocenters. The molecule has 0 spiro atoms. The van der Waals surface area contributed by atoms with E-state index in [1.165, 1.54) is 0 Å². The number of nitrogens with one attached hydrogen (secondary N) is 3. The highest BCUT2D eigenvalue weighted by molar-refractivity contribution is 7.84. The van der Waals surface area contributed by atoms with Crippen molar-refractivity contribution in [2.24, 2.45) is 0 Å². The van der Waals surface area contributed by atoms with E-state index < -0.39 is 10.8 Å². The quantitative estimate of drug-likeness (QED) is 0.714. The molecule has 0 aromatic carbocycles. The molecule has 0 aliphatic heterocycles. The minimum atomic E-state index is -0.775. The zero-order chi connectivity index (χ0) is 14.5. The number of rotatable bonds is 7. The molecular weight excluding hydrogens is 276 g/mol. The van der Waals surface area contributed by atoms with Crippen molar-refractivity contribution in [2.45, 2.75) is 26.3 Å². The third kappa shape index (κ3) is 3.66. The third-order valence-electron chi connectivity index (χ3n) is 2.87. The Labute approximate surface area is 120 Å². The number of nitrogens with zero attached hydrogens (tertiary/aromatic N) is 3. The monoisotopic (exact) mass is 296 g/mol. The molecule has 0 saturated carbocycles. The van der Waals surface area contributed by atoms with Crippen LogP contribution in [0.5, 0.6) is 0 Å². The summed E-state index contributed by atoms with van der Waals surface area (Å²) in [6.45, 7) is 4.80. The lowest BCUT2D eigenvalue weighted by Gasteiger charge is -2.15. The highest BCUT2D eigenvalue weighted by atomic mass is 32.2. The molecule has 0 bridgehead atoms. The lowest BCUT2D eigenvalue weighted by molar-refractivity contribution is 0.678. The second-order valence-electron chi connectivity index (χ2n) is 4.67. The fraction of sp³-hybridized carbons (Fsp3) is 0.583. The van der Waals surface area contributed by atoms with Gasteiger partial charge in [0.25, 0.3) is 0 Å². The van der Waals surface area contributed by atoms with Gasteiger partial charge in [0.2, 0.25) is 5.95 Å². The average molecular weight is 296 g/mol. The van der Waals surface area contributed by atoms with Crippen LogP contribution in [0.3, 0.4) is 0 Å². The average Bonchev–Trinajstić information content (AvgIpc) is 2.85. The lowest BCUT2D eigenvalue weighted by atomic mass is 10.2. The fourth-order valence-corrected chi connectivity index (χ4v) is 2.52. The van der Waals surface area contributed by atoms with Crippen LogP contribution in [0.15, 0.2) is 6.20 Å². The van der Waals surface area contributed by atoms with Gasteiger partial charge >= 0.3 is 0 Å². The highest BCUT2D eigenvalue weighted by Crippen LogP contribution is 2.21. The van der Waals surface area contributed by atoms with Crippen molar-refractivity contribution in [1.29, 1.82) is 0 Å². The van der Waals surface area contributed by atoms with Gasteiger partial charge in [0.15, 0.2) is 5.65 Å². The minimum absolute atomic E-state index is 0.182. The molecule has 2 aromatic rings. The Morgan fingerprint density at radius 1 is 1.45 bits per heavy atom. The molecule has 0 aliphatic carbocycles. The van der Waals surface area contributed by atoms with Gasteiger partial charge in [-0.25, -0.2) is 0 Å². The van der Waals surface area contributed by atoms with Crippen LogP contribution in [-0.4, -0.2) is 49.0 Å². The molecule has 110 valence electrons. The van der Waals surface area contributed by atoms with E-state index in [0.717, 1.165) is 24.2 Å². The third-order valence-corrected chi connectivity index (χ3v) is 3.68. The van der Waals surface area contributed by atoms with Gasteiger partial charge in [-0.2, -0.15) is 15.1 Å². The molecule has 2 heterocycles. The van der Waals surface area contributed by atoms with E-state index in [4.69, 9.17) is 0 Å². The standard InChI is InChI=1S/C12H20N6OS/c1-4-13-12-16-10(9-7-14-18-11(9)17-12)15-8(2)5-6-20(3)19/h7-8H,4-6H2,1-3H3,(H3,13,14,15,16,17,18). The Balaban J connectivity index is 2.18. The Morgan fingerprint density at radius 3 is 2.95 bits per heavy atom. The molecular formula is C12H20N6OS. The molecule has 2 aromatic heterocycles. The molecule has 0 amide bonds. The molecule has 3 N–H and O–H groups in total. The van der Waals surface area contributed by atoms with Gasteiger partial charge in [0.1, 0.15) is 5.82 Å². The van der Waals surface area contributed by atoms with Gasteiger partial charge in [-0.15, -0.1) is 0 Å². The number of anilines is 2. The summed E-state index contributed by atoms with van der Waals surface area (Å²) in [7, 11) is -0.775. The minimum Gasteiger partial charge on any atom is -0.367 e. The van der Waals surface area contributed by atoms with E-state index >= 15 is 0 Å². The summed E-state index contributed by atoms with van der Waals surface area (Å²) in [5.74, 6) is 1.99. The van der Waals surface area contributed by atoms with Crippen LogP contribution in [0.4, 0.5) is 11.8 Å². The van der Waals surface area contributed by atoms with Gasteiger partial charge in [0, 0.05) is 35.4 Å². The Bertz CT molecular complexity index is 599. The molecule has 8 heteroatoms. The zero-order valence-corrected chi connectivity index (χ0v) is 12.8. The summed E-state index contributed by atoms with van der Waals surface area (Å²) < 4.78 is 11.1. The van der Waals surface area contributed by atoms with Gasteiger partial charge < -0.3 is 10.6 Å². The first-order chi connectivity index (χ1) is 9.60. The number of fused-ring (bicyclic) bond motifs is 1. The molecule has 0 saturated heterocycles. The van der Waals surface area contributed by atoms with E-state index in [9.17, 15) is 4.21 Å². The van der Waals surface area contributed by atoms with Crippen LogP contribution in [0.1, 0.15) is 20.3 Å². The van der Waals surface area contributed by atoms with Crippen LogP contribution < -0.4 is 10.6 Å². The van der Waals surface area contributed by atoms with Gasteiger partial charge in [-0.1, -0.05) is 0 Å². The van der Waals surface area contributed by atoms with Crippen molar-refractivity contribution in [1.82, 2.24) is 20.2 Å². The maximum atomic E-state index is 11.1.